The highest BCUT2D eigenvalue weighted by atomic mass is 15.0. The van der Waals surface area contributed by atoms with Crippen molar-refractivity contribution >= 4 is 0 Å². The second kappa shape index (κ2) is 3.87. The van der Waals surface area contributed by atoms with Crippen molar-refractivity contribution in [3.05, 3.63) is 30.6 Å². The van der Waals surface area contributed by atoms with Gasteiger partial charge in [0.1, 0.15) is 6.07 Å². The molecule has 2 nitrogen and oxygen atoms in total. The van der Waals surface area contributed by atoms with Gasteiger partial charge in [0.2, 0.25) is 6.04 Å². The summed E-state index contributed by atoms with van der Waals surface area (Å²) in [5.74, 6) is 0.349. The Bertz CT molecular complexity index is 272. The molecule has 2 heteroatoms. The average molecular weight is 161 g/mol. The van der Waals surface area contributed by atoms with Gasteiger partial charge < -0.3 is 0 Å². The number of aromatic nitrogens is 1. The number of pyridine rings is 1. The maximum atomic E-state index is 8.88. The molecule has 62 valence electrons. The SMILES string of the molecule is CC(C)C(C#N)[n+]1ccccc1. The van der Waals surface area contributed by atoms with Crippen molar-refractivity contribution in [2.45, 2.75) is 19.9 Å². The number of nitrogens with zero attached hydrogens (tertiary/aromatic N) is 2. The first-order valence-electron chi connectivity index (χ1n) is 4.11. The zero-order valence-electron chi connectivity index (χ0n) is 7.44. The summed E-state index contributed by atoms with van der Waals surface area (Å²) in [6.45, 7) is 4.10. The molecule has 0 aliphatic carbocycles. The number of hydrogen-bond donors (Lipinski definition) is 0. The molecule has 12 heavy (non-hydrogen) atoms. The Morgan fingerprint density at radius 1 is 1.17 bits per heavy atom. The Balaban J connectivity index is 2.90. The van der Waals surface area contributed by atoms with E-state index in [1.165, 1.54) is 0 Å². The van der Waals surface area contributed by atoms with Crippen molar-refractivity contribution in [3.8, 4) is 6.07 Å². The lowest BCUT2D eigenvalue weighted by Crippen LogP contribution is -2.40. The minimum Gasteiger partial charge on any atom is -0.191 e. The minimum atomic E-state index is -0.0498. The molecule has 0 radical (unpaired) electrons. The van der Waals surface area contributed by atoms with Crippen molar-refractivity contribution in [1.29, 1.82) is 5.26 Å². The van der Waals surface area contributed by atoms with Crippen LogP contribution in [0.3, 0.4) is 0 Å². The Labute approximate surface area is 73.1 Å². The van der Waals surface area contributed by atoms with E-state index in [0.717, 1.165) is 0 Å². The summed E-state index contributed by atoms with van der Waals surface area (Å²) >= 11 is 0. The molecule has 1 atom stereocenters. The van der Waals surface area contributed by atoms with Crippen LogP contribution in [-0.4, -0.2) is 0 Å². The van der Waals surface area contributed by atoms with E-state index in [1.54, 1.807) is 0 Å². The first-order chi connectivity index (χ1) is 5.75. The maximum absolute atomic E-state index is 8.88. The van der Waals surface area contributed by atoms with Crippen LogP contribution in [0, 0.1) is 17.2 Å². The van der Waals surface area contributed by atoms with Crippen LogP contribution in [0.2, 0.25) is 0 Å². The fraction of sp³-hybridized carbons (Fsp3) is 0.400. The van der Waals surface area contributed by atoms with Crippen LogP contribution in [0.25, 0.3) is 0 Å². The number of rotatable bonds is 2. The van der Waals surface area contributed by atoms with E-state index in [4.69, 9.17) is 5.26 Å². The van der Waals surface area contributed by atoms with Crippen molar-refractivity contribution in [2.24, 2.45) is 5.92 Å². The minimum absolute atomic E-state index is 0.0498. The molecule has 1 heterocycles. The van der Waals surface area contributed by atoms with Crippen LogP contribution in [0.5, 0.6) is 0 Å². The van der Waals surface area contributed by atoms with Crippen LogP contribution in [0.4, 0.5) is 0 Å². The van der Waals surface area contributed by atoms with Crippen LogP contribution in [0.15, 0.2) is 30.6 Å². The summed E-state index contributed by atoms with van der Waals surface area (Å²) in [5, 5.41) is 8.88. The zero-order valence-corrected chi connectivity index (χ0v) is 7.44. The second-order valence-corrected chi connectivity index (χ2v) is 3.14. The van der Waals surface area contributed by atoms with Crippen molar-refractivity contribution in [2.75, 3.05) is 0 Å². The quantitative estimate of drug-likeness (QED) is 0.606. The molecule has 0 N–H and O–H groups in total. The summed E-state index contributed by atoms with van der Waals surface area (Å²) in [6, 6.07) is 8.06. The molecule has 0 saturated carbocycles. The summed E-state index contributed by atoms with van der Waals surface area (Å²) < 4.78 is 1.94. The first kappa shape index (κ1) is 8.73. The van der Waals surface area contributed by atoms with Crippen LogP contribution < -0.4 is 4.57 Å². The monoisotopic (exact) mass is 161 g/mol. The van der Waals surface area contributed by atoms with Crippen LogP contribution >= 0.6 is 0 Å². The van der Waals surface area contributed by atoms with Crippen LogP contribution in [-0.2, 0) is 0 Å². The molecule has 0 amide bonds. The predicted octanol–water partition coefficient (Wildman–Crippen LogP) is 1.69. The smallest absolute Gasteiger partial charge is 0.191 e. The summed E-state index contributed by atoms with van der Waals surface area (Å²) in [5.41, 5.74) is 0. The Morgan fingerprint density at radius 2 is 1.75 bits per heavy atom. The molecule has 0 saturated heterocycles. The third kappa shape index (κ3) is 1.82. The van der Waals surface area contributed by atoms with E-state index in [2.05, 4.69) is 6.07 Å². The van der Waals surface area contributed by atoms with E-state index in [9.17, 15) is 0 Å². The van der Waals surface area contributed by atoms with Gasteiger partial charge in [-0.1, -0.05) is 19.9 Å². The van der Waals surface area contributed by atoms with E-state index >= 15 is 0 Å². The van der Waals surface area contributed by atoms with Gasteiger partial charge in [-0.2, -0.15) is 9.83 Å². The molecule has 0 aliphatic heterocycles. The van der Waals surface area contributed by atoms with E-state index in [-0.39, 0.29) is 6.04 Å². The highest BCUT2D eigenvalue weighted by molar-refractivity contribution is 4.87. The molecule has 1 unspecified atom stereocenters. The van der Waals surface area contributed by atoms with Crippen LogP contribution in [0.1, 0.15) is 19.9 Å². The van der Waals surface area contributed by atoms with Crippen molar-refractivity contribution < 1.29 is 4.57 Å². The fourth-order valence-electron chi connectivity index (χ4n) is 1.16. The van der Waals surface area contributed by atoms with Gasteiger partial charge >= 0.3 is 0 Å². The molecule has 1 rings (SSSR count). The molecular weight excluding hydrogens is 148 g/mol. The lowest BCUT2D eigenvalue weighted by molar-refractivity contribution is -0.716. The third-order valence-electron chi connectivity index (χ3n) is 1.82. The number of hydrogen-bond acceptors (Lipinski definition) is 1. The van der Waals surface area contributed by atoms with E-state index in [0.29, 0.717) is 5.92 Å². The average Bonchev–Trinajstić information content (AvgIpc) is 2.07. The summed E-state index contributed by atoms with van der Waals surface area (Å²) in [7, 11) is 0. The van der Waals surface area contributed by atoms with Gasteiger partial charge in [-0.3, -0.25) is 0 Å². The van der Waals surface area contributed by atoms with Crippen molar-refractivity contribution in [3.63, 3.8) is 0 Å². The lowest BCUT2D eigenvalue weighted by atomic mass is 10.1. The van der Waals surface area contributed by atoms with Gasteiger partial charge in [-0.25, -0.2) is 0 Å². The van der Waals surface area contributed by atoms with E-state index < -0.39 is 0 Å². The molecule has 0 spiro atoms. The Hall–Kier alpha value is -1.36. The Kier molecular flexibility index (Phi) is 2.82. The molecule has 1 aromatic rings. The highest BCUT2D eigenvalue weighted by Gasteiger charge is 2.20. The lowest BCUT2D eigenvalue weighted by Gasteiger charge is -2.06. The van der Waals surface area contributed by atoms with Gasteiger partial charge in [0, 0.05) is 18.1 Å². The zero-order chi connectivity index (χ0) is 8.97. The fourth-order valence-corrected chi connectivity index (χ4v) is 1.16. The van der Waals surface area contributed by atoms with Gasteiger partial charge in [-0.15, -0.1) is 0 Å². The molecule has 1 aromatic heterocycles. The molecule has 0 aromatic carbocycles. The van der Waals surface area contributed by atoms with Crippen molar-refractivity contribution in [1.82, 2.24) is 0 Å². The molecule has 0 fully saturated rings. The summed E-state index contributed by atoms with van der Waals surface area (Å²) in [4.78, 5) is 0. The van der Waals surface area contributed by atoms with Gasteiger partial charge in [0.25, 0.3) is 0 Å². The van der Waals surface area contributed by atoms with Gasteiger partial charge in [0.05, 0.1) is 0 Å². The molecule has 0 bridgehead atoms. The second-order valence-electron chi connectivity index (χ2n) is 3.14. The highest BCUT2D eigenvalue weighted by Crippen LogP contribution is 2.07. The Morgan fingerprint density at radius 3 is 2.17 bits per heavy atom. The van der Waals surface area contributed by atoms with E-state index in [1.807, 2.05) is 49.0 Å². The standard InChI is InChI=1S/C10H13N2/c1-9(2)10(8-11)12-6-4-3-5-7-12/h3-7,9-10H,1-2H3/q+1. The molecule has 0 aliphatic rings. The van der Waals surface area contributed by atoms with Gasteiger partial charge in [-0.05, 0) is 0 Å². The number of nitriles is 1. The molecular formula is C10H13N2+. The summed E-state index contributed by atoms with van der Waals surface area (Å²) in [6.07, 6.45) is 3.85. The normalized spacial score (nSPS) is 12.5. The maximum Gasteiger partial charge on any atom is 0.245 e. The predicted molar refractivity (Wildman–Crippen MR) is 46.1 cm³/mol. The topological polar surface area (TPSA) is 27.7 Å². The third-order valence-corrected chi connectivity index (χ3v) is 1.82. The van der Waals surface area contributed by atoms with Gasteiger partial charge in [0.15, 0.2) is 12.4 Å². The first-order valence-corrected chi connectivity index (χ1v) is 4.11. The largest absolute Gasteiger partial charge is 0.245 e.